The molecular formula is C12H19N3O6. The zero-order valence-electron chi connectivity index (χ0n) is 11.4. The lowest BCUT2D eigenvalue weighted by molar-refractivity contribution is -0.140. The lowest BCUT2D eigenvalue weighted by atomic mass is 10.1. The first-order valence-electron chi connectivity index (χ1n) is 6.67. The summed E-state index contributed by atoms with van der Waals surface area (Å²) in [5.74, 6) is -2.30. The van der Waals surface area contributed by atoms with Crippen molar-refractivity contribution in [2.24, 2.45) is 0 Å². The van der Waals surface area contributed by atoms with Crippen molar-refractivity contribution >= 4 is 23.9 Å². The molecule has 0 saturated carbocycles. The Balaban J connectivity index is 2.29. The molecule has 0 aliphatic carbocycles. The summed E-state index contributed by atoms with van der Waals surface area (Å²) in [4.78, 5) is 43.9. The molecule has 1 saturated heterocycles. The van der Waals surface area contributed by atoms with Gasteiger partial charge in [-0.3, -0.25) is 9.59 Å². The highest BCUT2D eigenvalue weighted by Crippen LogP contribution is 2.05. The highest BCUT2D eigenvalue weighted by molar-refractivity contribution is 5.82. The molecule has 1 unspecified atom stereocenters. The SMILES string of the molecule is O=C(O)CCC[C@@H](NC(=O)NCC1CCC(=O)N1)C(=O)O. The normalized spacial score (nSPS) is 18.7. The molecule has 1 fully saturated rings. The van der Waals surface area contributed by atoms with Crippen molar-refractivity contribution in [2.45, 2.75) is 44.2 Å². The average Bonchev–Trinajstić information content (AvgIpc) is 2.80. The number of carboxylic acid groups (broad SMARTS) is 2. The van der Waals surface area contributed by atoms with Crippen LogP contribution in [-0.4, -0.2) is 52.7 Å². The quantitative estimate of drug-likeness (QED) is 0.400. The third-order valence-electron chi connectivity index (χ3n) is 3.08. The smallest absolute Gasteiger partial charge is 0.326 e. The van der Waals surface area contributed by atoms with Crippen LogP contribution in [0.1, 0.15) is 32.1 Å². The first-order valence-corrected chi connectivity index (χ1v) is 6.67. The Morgan fingerprint density at radius 3 is 2.57 bits per heavy atom. The molecule has 0 aromatic heterocycles. The molecule has 1 rings (SSSR count). The minimum Gasteiger partial charge on any atom is -0.481 e. The third-order valence-corrected chi connectivity index (χ3v) is 3.08. The fourth-order valence-electron chi connectivity index (χ4n) is 1.97. The molecule has 1 heterocycles. The minimum atomic E-state index is -1.22. The maximum absolute atomic E-state index is 11.6. The van der Waals surface area contributed by atoms with E-state index in [1.165, 1.54) is 0 Å². The van der Waals surface area contributed by atoms with E-state index in [1.807, 2.05) is 0 Å². The Hall–Kier alpha value is -2.32. The average molecular weight is 301 g/mol. The van der Waals surface area contributed by atoms with E-state index in [4.69, 9.17) is 10.2 Å². The van der Waals surface area contributed by atoms with Crippen molar-refractivity contribution in [1.29, 1.82) is 0 Å². The Morgan fingerprint density at radius 2 is 2.05 bits per heavy atom. The molecule has 3 amide bonds. The first kappa shape index (κ1) is 16.7. The largest absolute Gasteiger partial charge is 0.481 e. The van der Waals surface area contributed by atoms with E-state index in [0.717, 1.165) is 0 Å². The molecule has 118 valence electrons. The van der Waals surface area contributed by atoms with Gasteiger partial charge in [-0.25, -0.2) is 9.59 Å². The van der Waals surface area contributed by atoms with Crippen LogP contribution in [0.3, 0.4) is 0 Å². The highest BCUT2D eigenvalue weighted by Gasteiger charge is 2.23. The molecule has 5 N–H and O–H groups in total. The number of amides is 3. The van der Waals surface area contributed by atoms with E-state index in [9.17, 15) is 19.2 Å². The maximum Gasteiger partial charge on any atom is 0.326 e. The number of urea groups is 1. The number of nitrogens with one attached hydrogen (secondary N) is 3. The Bertz CT molecular complexity index is 425. The summed E-state index contributed by atoms with van der Waals surface area (Å²) < 4.78 is 0. The van der Waals surface area contributed by atoms with Crippen LogP contribution < -0.4 is 16.0 Å². The van der Waals surface area contributed by atoms with Gasteiger partial charge in [-0.05, 0) is 19.3 Å². The second-order valence-electron chi connectivity index (χ2n) is 4.83. The molecular weight excluding hydrogens is 282 g/mol. The number of carboxylic acids is 2. The van der Waals surface area contributed by atoms with Gasteiger partial charge in [-0.15, -0.1) is 0 Å². The van der Waals surface area contributed by atoms with E-state index >= 15 is 0 Å². The summed E-state index contributed by atoms with van der Waals surface area (Å²) in [5, 5.41) is 24.9. The highest BCUT2D eigenvalue weighted by atomic mass is 16.4. The number of rotatable bonds is 8. The van der Waals surface area contributed by atoms with Gasteiger partial charge < -0.3 is 26.2 Å². The fraction of sp³-hybridized carbons (Fsp3) is 0.667. The van der Waals surface area contributed by atoms with Gasteiger partial charge in [0.1, 0.15) is 6.04 Å². The first-order chi connectivity index (χ1) is 9.88. The standard InChI is InChI=1S/C12H19N3O6/c16-9-5-4-7(14-9)6-13-12(21)15-8(11(19)20)2-1-3-10(17)18/h7-8H,1-6H2,(H,14,16)(H,17,18)(H,19,20)(H2,13,15,21)/t7?,8-/m1/s1. The van der Waals surface area contributed by atoms with Crippen LogP contribution in [0.2, 0.25) is 0 Å². The van der Waals surface area contributed by atoms with Crippen molar-refractivity contribution in [2.75, 3.05) is 6.54 Å². The van der Waals surface area contributed by atoms with Crippen molar-refractivity contribution < 1.29 is 29.4 Å². The van der Waals surface area contributed by atoms with E-state index in [0.29, 0.717) is 12.8 Å². The molecule has 2 atom stereocenters. The van der Waals surface area contributed by atoms with Crippen LogP contribution in [0, 0.1) is 0 Å². The van der Waals surface area contributed by atoms with E-state index in [-0.39, 0.29) is 37.8 Å². The summed E-state index contributed by atoms with van der Waals surface area (Å²) >= 11 is 0. The van der Waals surface area contributed by atoms with Crippen molar-refractivity contribution in [1.82, 2.24) is 16.0 Å². The van der Waals surface area contributed by atoms with Crippen LogP contribution in [0.15, 0.2) is 0 Å². The number of carbonyl (C=O) groups excluding carboxylic acids is 2. The van der Waals surface area contributed by atoms with Crippen LogP contribution in [0.25, 0.3) is 0 Å². The molecule has 0 radical (unpaired) electrons. The second-order valence-corrected chi connectivity index (χ2v) is 4.83. The number of hydrogen-bond donors (Lipinski definition) is 5. The molecule has 9 nitrogen and oxygen atoms in total. The van der Waals surface area contributed by atoms with Crippen LogP contribution in [0.4, 0.5) is 4.79 Å². The second kappa shape index (κ2) is 8.08. The van der Waals surface area contributed by atoms with Gasteiger partial charge in [0.05, 0.1) is 0 Å². The molecule has 1 aliphatic heterocycles. The van der Waals surface area contributed by atoms with Crippen LogP contribution in [-0.2, 0) is 14.4 Å². The Morgan fingerprint density at radius 1 is 1.33 bits per heavy atom. The third kappa shape index (κ3) is 6.59. The summed E-state index contributed by atoms with van der Waals surface area (Å²) in [6, 6.07) is -1.93. The maximum atomic E-state index is 11.6. The number of carbonyl (C=O) groups is 4. The van der Waals surface area contributed by atoms with E-state index in [2.05, 4.69) is 16.0 Å². The van der Waals surface area contributed by atoms with Gasteiger partial charge in [-0.1, -0.05) is 0 Å². The van der Waals surface area contributed by atoms with Gasteiger partial charge in [-0.2, -0.15) is 0 Å². The lowest BCUT2D eigenvalue weighted by Gasteiger charge is -2.16. The van der Waals surface area contributed by atoms with Gasteiger partial charge in [0.25, 0.3) is 0 Å². The van der Waals surface area contributed by atoms with Crippen molar-refractivity contribution in [3.8, 4) is 0 Å². The minimum absolute atomic E-state index is 0.0369. The number of hydrogen-bond acceptors (Lipinski definition) is 4. The van der Waals surface area contributed by atoms with Gasteiger partial charge in [0.15, 0.2) is 0 Å². The summed E-state index contributed by atoms with van der Waals surface area (Å²) in [6.07, 6.45) is 1.09. The zero-order chi connectivity index (χ0) is 15.8. The molecule has 9 heteroatoms. The van der Waals surface area contributed by atoms with Crippen LogP contribution in [0.5, 0.6) is 0 Å². The molecule has 0 aromatic carbocycles. The van der Waals surface area contributed by atoms with Gasteiger partial charge >= 0.3 is 18.0 Å². The molecule has 0 bridgehead atoms. The predicted molar refractivity (Wildman–Crippen MR) is 70.6 cm³/mol. The summed E-state index contributed by atoms with van der Waals surface area (Å²) in [6.45, 7) is 0.221. The topological polar surface area (TPSA) is 145 Å². The Kier molecular flexibility index (Phi) is 6.44. The van der Waals surface area contributed by atoms with Crippen LogP contribution >= 0.6 is 0 Å². The van der Waals surface area contributed by atoms with E-state index in [1.54, 1.807) is 0 Å². The molecule has 0 spiro atoms. The Labute approximate surface area is 121 Å². The van der Waals surface area contributed by atoms with Crippen molar-refractivity contribution in [3.63, 3.8) is 0 Å². The van der Waals surface area contributed by atoms with Crippen molar-refractivity contribution in [3.05, 3.63) is 0 Å². The van der Waals surface area contributed by atoms with E-state index < -0.39 is 24.0 Å². The predicted octanol–water partition coefficient (Wildman–Crippen LogP) is -0.728. The lowest BCUT2D eigenvalue weighted by Crippen LogP contribution is -2.48. The zero-order valence-corrected chi connectivity index (χ0v) is 11.4. The molecule has 0 aromatic rings. The molecule has 21 heavy (non-hydrogen) atoms. The summed E-state index contributed by atoms with van der Waals surface area (Å²) in [5.41, 5.74) is 0. The fourth-order valence-corrected chi connectivity index (χ4v) is 1.97. The molecule has 1 aliphatic rings. The number of aliphatic carboxylic acids is 2. The summed E-state index contributed by atoms with van der Waals surface area (Å²) in [7, 11) is 0. The van der Waals surface area contributed by atoms with Gasteiger partial charge in [0.2, 0.25) is 5.91 Å². The monoisotopic (exact) mass is 301 g/mol. The van der Waals surface area contributed by atoms with Gasteiger partial charge in [0, 0.05) is 25.4 Å².